The first-order valence-electron chi connectivity index (χ1n) is 14.8. The molecule has 0 unspecified atom stereocenters. The number of carbonyl (C=O) groups is 1. The first kappa shape index (κ1) is 36.1. The molecule has 2 heteroatoms. The van der Waals surface area contributed by atoms with Gasteiger partial charge in [-0.1, -0.05) is 157 Å². The van der Waals surface area contributed by atoms with Crippen LogP contribution < -0.4 is 0 Å². The molecule has 0 aliphatic heterocycles. The maximum atomic E-state index is 10.8. The molecule has 0 aromatic heterocycles. The van der Waals surface area contributed by atoms with Gasteiger partial charge in [0.2, 0.25) is 0 Å². The minimum absolute atomic E-state index is 0.275. The summed E-state index contributed by atoms with van der Waals surface area (Å²) in [5.41, 5.74) is 9.42. The first-order chi connectivity index (χ1) is 19.8. The third kappa shape index (κ3) is 15.8. The highest BCUT2D eigenvalue weighted by Gasteiger charge is 2.26. The lowest BCUT2D eigenvalue weighted by atomic mass is 9.72. The van der Waals surface area contributed by atoms with Crippen molar-refractivity contribution in [2.45, 2.75) is 81.6 Å². The average molecular weight is 565 g/mol. The van der Waals surface area contributed by atoms with E-state index in [1.54, 1.807) is 19.1 Å². The van der Waals surface area contributed by atoms with E-state index < -0.39 is 5.97 Å². The van der Waals surface area contributed by atoms with Crippen molar-refractivity contribution in [2.75, 3.05) is 0 Å². The molecule has 1 aliphatic carbocycles. The molecule has 1 N–H and O–H groups in total. The summed E-state index contributed by atoms with van der Waals surface area (Å²) >= 11 is 0. The Morgan fingerprint density at radius 2 is 1.00 bits per heavy atom. The van der Waals surface area contributed by atoms with Crippen LogP contribution in [0.5, 0.6) is 0 Å². The summed E-state index contributed by atoms with van der Waals surface area (Å²) in [6.45, 7) is 19.0. The Bertz CT molecular complexity index is 1330. The van der Waals surface area contributed by atoms with Crippen LogP contribution in [0.25, 0.3) is 0 Å². The van der Waals surface area contributed by atoms with Crippen LogP contribution in [-0.2, 0) is 4.79 Å². The normalized spacial score (nSPS) is 18.9. The third-order valence-electron chi connectivity index (χ3n) is 7.08. The summed E-state index contributed by atoms with van der Waals surface area (Å²) in [6, 6.07) is 0. The average Bonchev–Trinajstić information content (AvgIpc) is 2.90. The monoisotopic (exact) mass is 564 g/mol. The van der Waals surface area contributed by atoms with E-state index in [-0.39, 0.29) is 5.41 Å². The van der Waals surface area contributed by atoms with Gasteiger partial charge in [-0.15, -0.1) is 0 Å². The molecule has 0 saturated heterocycles. The molecule has 1 aliphatic rings. The zero-order chi connectivity index (χ0) is 31.5. The van der Waals surface area contributed by atoms with Gasteiger partial charge in [-0.25, -0.2) is 4.79 Å². The molecule has 0 heterocycles. The van der Waals surface area contributed by atoms with Crippen molar-refractivity contribution in [3.05, 3.63) is 154 Å². The van der Waals surface area contributed by atoms with Gasteiger partial charge in [-0.3, -0.25) is 0 Å². The minimum atomic E-state index is -0.902. The Kier molecular flexibility index (Phi) is 16.6. The lowest BCUT2D eigenvalue weighted by molar-refractivity contribution is -0.132. The van der Waals surface area contributed by atoms with Crippen LogP contribution in [0.3, 0.4) is 0 Å². The summed E-state index contributed by atoms with van der Waals surface area (Å²) in [7, 11) is 0. The molecule has 1 rings (SSSR count). The quantitative estimate of drug-likeness (QED) is 0.178. The fraction of sp³-hybridized carbons (Fsp3) is 0.325. The summed E-state index contributed by atoms with van der Waals surface area (Å²) in [6.07, 6.45) is 40.6. The number of rotatable bonds is 13. The Balaban J connectivity index is 2.61. The van der Waals surface area contributed by atoms with E-state index in [9.17, 15) is 4.79 Å². The lowest BCUT2D eigenvalue weighted by Crippen LogP contribution is -2.19. The van der Waals surface area contributed by atoms with Gasteiger partial charge >= 0.3 is 5.97 Å². The molecule has 0 spiro atoms. The number of aliphatic carboxylic acids is 1. The van der Waals surface area contributed by atoms with E-state index in [2.05, 4.69) is 121 Å². The number of carboxylic acids is 1. The van der Waals surface area contributed by atoms with Gasteiger partial charge in [0.25, 0.3) is 0 Å². The molecule has 2 nitrogen and oxygen atoms in total. The molecular weight excluding hydrogens is 512 g/mol. The Morgan fingerprint density at radius 1 is 0.619 bits per heavy atom. The summed E-state index contributed by atoms with van der Waals surface area (Å²) in [5.74, 6) is -0.902. The second-order valence-electron chi connectivity index (χ2n) is 11.8. The zero-order valence-electron chi connectivity index (χ0n) is 27.4. The van der Waals surface area contributed by atoms with Crippen molar-refractivity contribution in [3.8, 4) is 0 Å². The van der Waals surface area contributed by atoms with Crippen LogP contribution in [0.4, 0.5) is 0 Å². The summed E-state index contributed by atoms with van der Waals surface area (Å²) < 4.78 is 0. The van der Waals surface area contributed by atoms with Crippen LogP contribution in [0.2, 0.25) is 0 Å². The summed E-state index contributed by atoms with van der Waals surface area (Å²) in [5, 5.41) is 8.87. The van der Waals surface area contributed by atoms with Gasteiger partial charge in [-0.05, 0) is 78.7 Å². The number of hydrogen-bond donors (Lipinski definition) is 1. The van der Waals surface area contributed by atoms with Crippen molar-refractivity contribution in [1.82, 2.24) is 0 Å². The summed E-state index contributed by atoms with van der Waals surface area (Å²) in [4.78, 5) is 10.8. The molecule has 0 fully saturated rings. The smallest absolute Gasteiger partial charge is 0.331 e. The predicted octanol–water partition coefficient (Wildman–Crippen LogP) is 11.6. The van der Waals surface area contributed by atoms with Crippen molar-refractivity contribution >= 4 is 5.97 Å². The highest BCUT2D eigenvalue weighted by atomic mass is 16.4. The lowest BCUT2D eigenvalue weighted by Gasteiger charge is -2.32. The Hall–Kier alpha value is -3.91. The molecule has 0 amide bonds. The SMILES string of the molecule is CC(C=CC=C(C)C(=O)O)=CC=CC(C)=CC=CC(C)=C/C=C/C=C(C)/C=C/C=C(C)/C=C/C1=C(C)CCCC1(C)C. The van der Waals surface area contributed by atoms with E-state index in [0.717, 1.165) is 11.1 Å². The molecule has 0 aromatic rings. The topological polar surface area (TPSA) is 37.3 Å². The molecule has 0 atom stereocenters. The van der Waals surface area contributed by atoms with E-state index in [1.807, 2.05) is 31.2 Å². The number of allylic oxidation sites excluding steroid dienone is 25. The van der Waals surface area contributed by atoms with Gasteiger partial charge in [0, 0.05) is 5.57 Å². The number of carboxylic acid groups (broad SMARTS) is 1. The van der Waals surface area contributed by atoms with Gasteiger partial charge in [0.15, 0.2) is 0 Å². The molecule has 42 heavy (non-hydrogen) atoms. The van der Waals surface area contributed by atoms with E-state index in [4.69, 9.17) is 5.11 Å². The van der Waals surface area contributed by atoms with Gasteiger partial charge in [-0.2, -0.15) is 0 Å². The fourth-order valence-electron chi connectivity index (χ4n) is 4.39. The van der Waals surface area contributed by atoms with E-state index in [0.29, 0.717) is 5.57 Å². The Morgan fingerprint density at radius 3 is 1.40 bits per heavy atom. The molecular formula is C40H52O2. The fourth-order valence-corrected chi connectivity index (χ4v) is 4.39. The Labute approximate surface area is 256 Å². The first-order valence-corrected chi connectivity index (χ1v) is 14.8. The van der Waals surface area contributed by atoms with E-state index in [1.165, 1.54) is 47.1 Å². The highest BCUT2D eigenvalue weighted by Crippen LogP contribution is 2.40. The van der Waals surface area contributed by atoms with Gasteiger partial charge in [0.1, 0.15) is 0 Å². The van der Waals surface area contributed by atoms with Crippen molar-refractivity contribution < 1.29 is 9.90 Å². The third-order valence-corrected chi connectivity index (χ3v) is 7.08. The van der Waals surface area contributed by atoms with Gasteiger partial charge in [0.05, 0.1) is 0 Å². The number of hydrogen-bond acceptors (Lipinski definition) is 1. The van der Waals surface area contributed by atoms with Crippen molar-refractivity contribution in [1.29, 1.82) is 0 Å². The van der Waals surface area contributed by atoms with Crippen LogP contribution in [-0.4, -0.2) is 11.1 Å². The minimum Gasteiger partial charge on any atom is -0.478 e. The van der Waals surface area contributed by atoms with Crippen LogP contribution in [0.1, 0.15) is 81.6 Å². The van der Waals surface area contributed by atoms with Crippen LogP contribution in [0.15, 0.2) is 154 Å². The van der Waals surface area contributed by atoms with Crippen molar-refractivity contribution in [2.24, 2.45) is 5.41 Å². The van der Waals surface area contributed by atoms with Crippen LogP contribution in [0, 0.1) is 5.41 Å². The van der Waals surface area contributed by atoms with Crippen molar-refractivity contribution in [3.63, 3.8) is 0 Å². The maximum absolute atomic E-state index is 10.8. The molecule has 0 aromatic carbocycles. The predicted molar refractivity (Wildman–Crippen MR) is 185 cm³/mol. The maximum Gasteiger partial charge on any atom is 0.331 e. The van der Waals surface area contributed by atoms with E-state index >= 15 is 0 Å². The molecule has 0 radical (unpaired) electrons. The van der Waals surface area contributed by atoms with Gasteiger partial charge < -0.3 is 5.11 Å². The molecule has 224 valence electrons. The molecule has 0 bridgehead atoms. The second kappa shape index (κ2) is 19.3. The zero-order valence-corrected chi connectivity index (χ0v) is 27.4. The second-order valence-corrected chi connectivity index (χ2v) is 11.8. The van der Waals surface area contributed by atoms with Crippen LogP contribution >= 0.6 is 0 Å². The molecule has 0 saturated carbocycles. The largest absolute Gasteiger partial charge is 0.478 e. The standard InChI is InChI=1S/C40H52O2/c1-31(19-12-21-33(3)22-13-23-34(4)25-15-26-37(7)39(41)42)17-10-11-18-32(2)20-14-24-35(5)28-29-38-36(6)27-16-30-40(38,8)9/h10-15,17-26,28-29H,16,27,30H2,1-9H3,(H,41,42)/b11-10+,19-12?,20-14+,22-13?,25-15?,29-28+,31-17?,32-18+,33-21?,34-23?,35-24+,37-26?. The highest BCUT2D eigenvalue weighted by molar-refractivity contribution is 5.86.